The van der Waals surface area contributed by atoms with E-state index in [1.807, 2.05) is 24.3 Å². The summed E-state index contributed by atoms with van der Waals surface area (Å²) in [4.78, 5) is 26.3. The van der Waals surface area contributed by atoms with Crippen molar-refractivity contribution in [3.05, 3.63) is 45.8 Å². The number of methoxy groups -OCH3 is 1. The highest BCUT2D eigenvalue weighted by Crippen LogP contribution is 2.38. The zero-order chi connectivity index (χ0) is 20.3. The number of anilines is 1. The van der Waals surface area contributed by atoms with Gasteiger partial charge < -0.3 is 14.8 Å². The average Bonchev–Trinajstić information content (AvgIpc) is 3.05. The molecule has 0 spiro atoms. The van der Waals surface area contributed by atoms with E-state index in [9.17, 15) is 9.59 Å². The van der Waals surface area contributed by atoms with Crippen molar-refractivity contribution in [1.29, 1.82) is 0 Å². The van der Waals surface area contributed by atoms with Gasteiger partial charge in [0.1, 0.15) is 10.8 Å². The maximum Gasteiger partial charge on any atom is 0.341 e. The van der Waals surface area contributed by atoms with Gasteiger partial charge in [0.15, 0.2) is 6.10 Å². The molecule has 0 saturated carbocycles. The lowest BCUT2D eigenvalue weighted by Crippen LogP contribution is -2.30. The number of benzene rings is 1. The number of carbonyl (C=O) groups excluding carboxylic acids is 2. The van der Waals surface area contributed by atoms with E-state index in [1.54, 1.807) is 6.92 Å². The molecule has 2 aromatic rings. The molecule has 5 nitrogen and oxygen atoms in total. The maximum atomic E-state index is 12.8. The molecule has 1 aromatic heterocycles. The largest absolute Gasteiger partial charge is 0.481 e. The lowest BCUT2D eigenvalue weighted by Gasteiger charge is -2.18. The summed E-state index contributed by atoms with van der Waals surface area (Å²) < 4.78 is 10.9. The molecule has 0 radical (unpaired) electrons. The van der Waals surface area contributed by atoms with Crippen molar-refractivity contribution in [2.24, 2.45) is 0 Å². The van der Waals surface area contributed by atoms with Crippen LogP contribution in [0.1, 0.15) is 65.9 Å². The molecule has 3 rings (SSSR count). The number of fused-ring (bicyclic) bond motifs is 1. The summed E-state index contributed by atoms with van der Waals surface area (Å²) in [6.07, 6.45) is 3.25. The van der Waals surface area contributed by atoms with Crippen LogP contribution in [0.3, 0.4) is 0 Å². The number of amides is 1. The first-order valence-corrected chi connectivity index (χ1v) is 10.5. The smallest absolute Gasteiger partial charge is 0.341 e. The van der Waals surface area contributed by atoms with E-state index in [2.05, 4.69) is 19.2 Å². The number of hydrogen-bond acceptors (Lipinski definition) is 5. The predicted molar refractivity (Wildman–Crippen MR) is 112 cm³/mol. The Labute approximate surface area is 170 Å². The molecule has 1 aromatic carbocycles. The van der Waals surface area contributed by atoms with Crippen LogP contribution in [0.4, 0.5) is 5.00 Å². The summed E-state index contributed by atoms with van der Waals surface area (Å²) in [5.74, 6) is 0.330. The Kier molecular flexibility index (Phi) is 6.39. The van der Waals surface area contributed by atoms with E-state index in [-0.39, 0.29) is 5.91 Å². The molecular weight excluding hydrogens is 374 g/mol. The molecule has 1 N–H and O–H groups in total. The maximum absolute atomic E-state index is 12.8. The highest BCUT2D eigenvalue weighted by Gasteiger charge is 2.28. The van der Waals surface area contributed by atoms with E-state index >= 15 is 0 Å². The minimum absolute atomic E-state index is 0.276. The molecule has 0 bridgehead atoms. The van der Waals surface area contributed by atoms with Gasteiger partial charge in [-0.1, -0.05) is 32.0 Å². The number of rotatable bonds is 6. The minimum Gasteiger partial charge on any atom is -0.481 e. The number of nitrogens with one attached hydrogen (secondary N) is 1. The quantitative estimate of drug-likeness (QED) is 0.696. The van der Waals surface area contributed by atoms with Crippen molar-refractivity contribution in [1.82, 2.24) is 0 Å². The van der Waals surface area contributed by atoms with Crippen molar-refractivity contribution >= 4 is 28.2 Å². The van der Waals surface area contributed by atoms with Gasteiger partial charge in [-0.25, -0.2) is 4.79 Å². The Morgan fingerprint density at radius 2 is 1.82 bits per heavy atom. The van der Waals surface area contributed by atoms with Crippen LogP contribution < -0.4 is 10.1 Å². The Morgan fingerprint density at radius 1 is 1.11 bits per heavy atom. The fourth-order valence-corrected chi connectivity index (χ4v) is 4.77. The zero-order valence-electron chi connectivity index (χ0n) is 16.8. The van der Waals surface area contributed by atoms with Gasteiger partial charge in [-0.2, -0.15) is 0 Å². The number of ether oxygens (including phenoxy) is 2. The van der Waals surface area contributed by atoms with Crippen molar-refractivity contribution in [2.45, 2.75) is 58.5 Å². The van der Waals surface area contributed by atoms with Crippen LogP contribution in [-0.4, -0.2) is 25.1 Å². The molecule has 6 heteroatoms. The third-order valence-electron chi connectivity index (χ3n) is 5.01. The summed E-state index contributed by atoms with van der Waals surface area (Å²) in [5, 5.41) is 3.47. The van der Waals surface area contributed by atoms with E-state index in [0.717, 1.165) is 36.8 Å². The summed E-state index contributed by atoms with van der Waals surface area (Å²) in [6, 6.07) is 7.75. The molecule has 0 unspecified atom stereocenters. The summed E-state index contributed by atoms with van der Waals surface area (Å²) >= 11 is 1.48. The van der Waals surface area contributed by atoms with Crippen LogP contribution in [0.15, 0.2) is 24.3 Å². The number of carbonyl (C=O) groups is 2. The second-order valence-electron chi connectivity index (χ2n) is 7.35. The summed E-state index contributed by atoms with van der Waals surface area (Å²) in [5.41, 5.74) is 2.59. The van der Waals surface area contributed by atoms with Gasteiger partial charge in [0, 0.05) is 4.88 Å². The van der Waals surface area contributed by atoms with Gasteiger partial charge in [-0.15, -0.1) is 11.3 Å². The highest BCUT2D eigenvalue weighted by molar-refractivity contribution is 7.17. The van der Waals surface area contributed by atoms with Crippen LogP contribution in [0.2, 0.25) is 0 Å². The van der Waals surface area contributed by atoms with Gasteiger partial charge in [0.05, 0.1) is 12.7 Å². The van der Waals surface area contributed by atoms with Gasteiger partial charge in [0.25, 0.3) is 5.91 Å². The molecule has 0 aliphatic heterocycles. The van der Waals surface area contributed by atoms with E-state index in [1.165, 1.54) is 23.3 Å². The normalized spacial score (nSPS) is 14.3. The van der Waals surface area contributed by atoms with Crippen molar-refractivity contribution in [3.63, 3.8) is 0 Å². The topological polar surface area (TPSA) is 64.6 Å². The van der Waals surface area contributed by atoms with E-state index in [0.29, 0.717) is 22.2 Å². The van der Waals surface area contributed by atoms with Crippen LogP contribution in [0.5, 0.6) is 5.75 Å². The lowest BCUT2D eigenvalue weighted by molar-refractivity contribution is -0.122. The SMILES string of the molecule is COC(=O)c1c(NC(=O)[C@@H](C)Oc2ccccc2C(C)C)sc2c1CCCC2. The first-order valence-electron chi connectivity index (χ1n) is 9.71. The molecule has 1 aliphatic carbocycles. The summed E-state index contributed by atoms with van der Waals surface area (Å²) in [7, 11) is 1.37. The van der Waals surface area contributed by atoms with Crippen LogP contribution in [-0.2, 0) is 22.4 Å². The van der Waals surface area contributed by atoms with Crippen LogP contribution in [0.25, 0.3) is 0 Å². The number of hydrogen-bond donors (Lipinski definition) is 1. The average molecular weight is 402 g/mol. The third-order valence-corrected chi connectivity index (χ3v) is 6.22. The van der Waals surface area contributed by atoms with Gasteiger partial charge in [-0.3, -0.25) is 4.79 Å². The van der Waals surface area contributed by atoms with Crippen molar-refractivity contribution in [3.8, 4) is 5.75 Å². The molecule has 28 heavy (non-hydrogen) atoms. The molecule has 1 amide bonds. The van der Waals surface area contributed by atoms with Gasteiger partial charge in [-0.05, 0) is 55.7 Å². The highest BCUT2D eigenvalue weighted by atomic mass is 32.1. The van der Waals surface area contributed by atoms with E-state index in [4.69, 9.17) is 9.47 Å². The number of thiophene rings is 1. The standard InChI is InChI=1S/C22H27NO4S/c1-13(2)15-9-5-7-11-17(15)27-14(3)20(24)23-21-19(22(25)26-4)16-10-6-8-12-18(16)28-21/h5,7,9,11,13-14H,6,8,10,12H2,1-4H3,(H,23,24)/t14-/m1/s1. The predicted octanol–water partition coefficient (Wildman–Crippen LogP) is 4.94. The fraction of sp³-hybridized carbons (Fsp3) is 0.455. The zero-order valence-corrected chi connectivity index (χ0v) is 17.7. The second-order valence-corrected chi connectivity index (χ2v) is 8.45. The number of para-hydroxylation sites is 1. The third kappa shape index (κ3) is 4.22. The van der Waals surface area contributed by atoms with Crippen LogP contribution in [0, 0.1) is 0 Å². The molecule has 1 atom stereocenters. The second kappa shape index (κ2) is 8.78. The molecule has 150 valence electrons. The molecule has 0 fully saturated rings. The number of aryl methyl sites for hydroxylation is 1. The van der Waals surface area contributed by atoms with Gasteiger partial charge in [0.2, 0.25) is 0 Å². The first-order chi connectivity index (χ1) is 13.4. The number of esters is 1. The molecule has 0 saturated heterocycles. The molecule has 1 aliphatic rings. The lowest BCUT2D eigenvalue weighted by atomic mass is 9.95. The van der Waals surface area contributed by atoms with Crippen LogP contribution >= 0.6 is 11.3 Å². The minimum atomic E-state index is -0.690. The van der Waals surface area contributed by atoms with E-state index < -0.39 is 12.1 Å². The van der Waals surface area contributed by atoms with Crippen molar-refractivity contribution in [2.75, 3.05) is 12.4 Å². The first kappa shape index (κ1) is 20.4. The Balaban J connectivity index is 1.80. The van der Waals surface area contributed by atoms with Crippen molar-refractivity contribution < 1.29 is 19.1 Å². The molecular formula is C22H27NO4S. The monoisotopic (exact) mass is 401 g/mol. The Morgan fingerprint density at radius 3 is 2.54 bits per heavy atom. The fourth-order valence-electron chi connectivity index (χ4n) is 3.49. The Bertz CT molecular complexity index is 871. The molecule has 1 heterocycles. The summed E-state index contributed by atoms with van der Waals surface area (Å²) in [6.45, 7) is 5.90. The Hall–Kier alpha value is -2.34. The van der Waals surface area contributed by atoms with Gasteiger partial charge >= 0.3 is 5.97 Å².